The number of aryl methyl sites for hydroxylation is 1. The lowest BCUT2D eigenvalue weighted by molar-refractivity contribution is 0.1000. The summed E-state index contributed by atoms with van der Waals surface area (Å²) in [5.41, 5.74) is 10.5. The number of H-pyrrole nitrogens is 1. The predicted octanol–water partition coefficient (Wildman–Crippen LogP) is 4.77. The molecule has 8 heteroatoms. The van der Waals surface area contributed by atoms with Crippen molar-refractivity contribution in [2.45, 2.75) is 12.8 Å². The number of rotatable bonds is 7. The van der Waals surface area contributed by atoms with Crippen LogP contribution in [0.2, 0.25) is 0 Å². The zero-order chi connectivity index (χ0) is 25.1. The first-order valence-corrected chi connectivity index (χ1v) is 12.0. The van der Waals surface area contributed by atoms with Crippen LogP contribution >= 0.6 is 0 Å². The highest BCUT2D eigenvalue weighted by molar-refractivity contribution is 5.99. The van der Waals surface area contributed by atoms with Crippen LogP contribution in [0.4, 0.5) is 15.9 Å². The second kappa shape index (κ2) is 10.2. The largest absolute Gasteiger partial charge is 0.365 e. The lowest BCUT2D eigenvalue weighted by atomic mass is 10.0. The molecular formula is C28H27FN6O. The average Bonchev–Trinajstić information content (AvgIpc) is 3.31. The SMILES string of the molecule is [C-]#[N+]c1ccc2[nH]cc(CCCN3CCN(c4ncc(-c5ccc(F)cc5)cc4C(N)=O)CC3)c2c1. The maximum absolute atomic E-state index is 13.3. The molecular weight excluding hydrogens is 455 g/mol. The minimum atomic E-state index is -0.524. The van der Waals surface area contributed by atoms with Gasteiger partial charge in [-0.25, -0.2) is 14.2 Å². The van der Waals surface area contributed by atoms with E-state index in [0.29, 0.717) is 17.1 Å². The predicted molar refractivity (Wildman–Crippen MR) is 140 cm³/mol. The summed E-state index contributed by atoms with van der Waals surface area (Å²) in [6.45, 7) is 11.5. The van der Waals surface area contributed by atoms with Gasteiger partial charge in [-0.2, -0.15) is 0 Å². The van der Waals surface area contributed by atoms with E-state index in [0.717, 1.165) is 67.6 Å². The van der Waals surface area contributed by atoms with E-state index in [-0.39, 0.29) is 5.82 Å². The Kier molecular flexibility index (Phi) is 6.65. The number of carbonyl (C=O) groups is 1. The highest BCUT2D eigenvalue weighted by atomic mass is 19.1. The van der Waals surface area contributed by atoms with Gasteiger partial charge in [0.05, 0.1) is 12.1 Å². The van der Waals surface area contributed by atoms with Gasteiger partial charge in [-0.05, 0) is 66.2 Å². The van der Waals surface area contributed by atoms with Crippen molar-refractivity contribution in [1.29, 1.82) is 0 Å². The number of pyridine rings is 1. The summed E-state index contributed by atoms with van der Waals surface area (Å²) < 4.78 is 13.3. The fourth-order valence-corrected chi connectivity index (χ4v) is 4.81. The zero-order valence-corrected chi connectivity index (χ0v) is 19.9. The van der Waals surface area contributed by atoms with Gasteiger partial charge in [-0.15, -0.1) is 0 Å². The van der Waals surface area contributed by atoms with Gasteiger partial charge in [0.1, 0.15) is 11.6 Å². The van der Waals surface area contributed by atoms with Crippen molar-refractivity contribution in [2.24, 2.45) is 5.73 Å². The number of nitrogens with zero attached hydrogens (tertiary/aromatic N) is 4. The normalized spacial score (nSPS) is 14.2. The lowest BCUT2D eigenvalue weighted by Gasteiger charge is -2.36. The van der Waals surface area contributed by atoms with E-state index in [9.17, 15) is 9.18 Å². The van der Waals surface area contributed by atoms with Crippen LogP contribution < -0.4 is 10.6 Å². The number of halogens is 1. The van der Waals surface area contributed by atoms with Gasteiger partial charge in [0.2, 0.25) is 0 Å². The molecule has 1 saturated heterocycles. The average molecular weight is 483 g/mol. The summed E-state index contributed by atoms with van der Waals surface area (Å²) in [5, 5.41) is 1.13. The van der Waals surface area contributed by atoms with Gasteiger partial charge >= 0.3 is 0 Å². The molecule has 0 spiro atoms. The number of amides is 1. The van der Waals surface area contributed by atoms with Gasteiger partial charge in [-0.3, -0.25) is 9.69 Å². The molecule has 1 aliphatic rings. The zero-order valence-electron chi connectivity index (χ0n) is 19.9. The summed E-state index contributed by atoms with van der Waals surface area (Å²) >= 11 is 0. The second-order valence-electron chi connectivity index (χ2n) is 9.05. The first-order valence-electron chi connectivity index (χ1n) is 12.0. The molecule has 36 heavy (non-hydrogen) atoms. The quantitative estimate of drug-likeness (QED) is 0.372. The molecule has 1 fully saturated rings. The minimum absolute atomic E-state index is 0.313. The van der Waals surface area contributed by atoms with Crippen molar-refractivity contribution in [2.75, 3.05) is 37.6 Å². The third-order valence-electron chi connectivity index (χ3n) is 6.78. The lowest BCUT2D eigenvalue weighted by Crippen LogP contribution is -2.47. The van der Waals surface area contributed by atoms with Crippen LogP contribution in [-0.4, -0.2) is 53.5 Å². The van der Waals surface area contributed by atoms with E-state index in [1.807, 2.05) is 24.4 Å². The molecule has 0 aliphatic carbocycles. The molecule has 7 nitrogen and oxygen atoms in total. The van der Waals surface area contributed by atoms with E-state index < -0.39 is 5.91 Å². The summed E-state index contributed by atoms with van der Waals surface area (Å²) in [5.74, 6) is -0.238. The number of piperazine rings is 1. The van der Waals surface area contributed by atoms with Crippen molar-refractivity contribution in [3.8, 4) is 11.1 Å². The fraction of sp³-hybridized carbons (Fsp3) is 0.250. The van der Waals surface area contributed by atoms with Crippen LogP contribution in [0, 0.1) is 12.4 Å². The Morgan fingerprint density at radius 2 is 1.86 bits per heavy atom. The molecule has 0 bridgehead atoms. The molecule has 2 aromatic heterocycles. The number of benzene rings is 2. The Balaban J connectivity index is 1.19. The number of nitrogens with two attached hydrogens (primary N) is 1. The summed E-state index contributed by atoms with van der Waals surface area (Å²) in [7, 11) is 0. The molecule has 3 N–H and O–H groups in total. The molecule has 182 valence electrons. The third kappa shape index (κ3) is 4.92. The molecule has 1 aliphatic heterocycles. The van der Waals surface area contributed by atoms with Gasteiger partial charge in [0.15, 0.2) is 5.69 Å². The number of hydrogen-bond acceptors (Lipinski definition) is 4. The number of aromatic amines is 1. The van der Waals surface area contributed by atoms with Crippen molar-refractivity contribution < 1.29 is 9.18 Å². The first-order chi connectivity index (χ1) is 17.5. The highest BCUT2D eigenvalue weighted by Crippen LogP contribution is 2.27. The van der Waals surface area contributed by atoms with Crippen LogP contribution in [0.25, 0.3) is 26.9 Å². The van der Waals surface area contributed by atoms with Crippen molar-refractivity contribution >= 4 is 28.3 Å². The van der Waals surface area contributed by atoms with Crippen LogP contribution in [0.3, 0.4) is 0 Å². The number of aromatic nitrogens is 2. The van der Waals surface area contributed by atoms with Crippen molar-refractivity contribution in [3.63, 3.8) is 0 Å². The Morgan fingerprint density at radius 3 is 2.58 bits per heavy atom. The number of primary amides is 1. The number of hydrogen-bond donors (Lipinski definition) is 2. The maximum Gasteiger partial charge on any atom is 0.252 e. The van der Waals surface area contributed by atoms with Gasteiger partial charge in [-0.1, -0.05) is 18.2 Å². The standard InChI is InChI=1S/C28H27FN6O/c1-31-23-8-9-26-24(16-23)20(17-32-26)3-2-10-34-11-13-35(14-12-34)28-25(27(30)36)15-21(18-33-28)19-4-6-22(29)7-5-19/h4-9,15-18,32H,2-3,10-14H2,(H2,30,36). The minimum Gasteiger partial charge on any atom is -0.365 e. The molecule has 5 rings (SSSR count). The molecule has 0 radical (unpaired) electrons. The van der Waals surface area contributed by atoms with Crippen LogP contribution in [-0.2, 0) is 6.42 Å². The Bertz CT molecular complexity index is 1430. The summed E-state index contributed by atoms with van der Waals surface area (Å²) in [4.78, 5) is 28.2. The van der Waals surface area contributed by atoms with Crippen molar-refractivity contribution in [1.82, 2.24) is 14.9 Å². The molecule has 3 heterocycles. The van der Waals surface area contributed by atoms with E-state index in [2.05, 4.69) is 24.6 Å². The number of carbonyl (C=O) groups excluding carboxylic acids is 1. The summed E-state index contributed by atoms with van der Waals surface area (Å²) in [6, 6.07) is 13.6. The highest BCUT2D eigenvalue weighted by Gasteiger charge is 2.22. The topological polar surface area (TPSA) is 82.6 Å². The Labute approximate surface area is 209 Å². The molecule has 0 unspecified atom stereocenters. The number of fused-ring (bicyclic) bond motifs is 1. The van der Waals surface area contributed by atoms with Crippen molar-refractivity contribution in [3.05, 3.63) is 89.3 Å². The van der Waals surface area contributed by atoms with Crippen LogP contribution in [0.5, 0.6) is 0 Å². The molecule has 4 aromatic rings. The van der Waals surface area contributed by atoms with E-state index in [4.69, 9.17) is 12.3 Å². The van der Waals surface area contributed by atoms with Crippen LogP contribution in [0.1, 0.15) is 22.3 Å². The molecule has 0 atom stereocenters. The van der Waals surface area contributed by atoms with Crippen LogP contribution in [0.15, 0.2) is 60.9 Å². The Morgan fingerprint density at radius 1 is 1.08 bits per heavy atom. The molecule has 1 amide bonds. The van der Waals surface area contributed by atoms with E-state index in [1.165, 1.54) is 17.7 Å². The first kappa shape index (κ1) is 23.5. The second-order valence-corrected chi connectivity index (χ2v) is 9.05. The number of nitrogens with one attached hydrogen (secondary N) is 1. The molecule has 2 aromatic carbocycles. The summed E-state index contributed by atoms with van der Waals surface area (Å²) in [6.07, 6.45) is 5.72. The van der Waals surface area contributed by atoms with E-state index in [1.54, 1.807) is 24.4 Å². The Hall–Kier alpha value is -4.22. The fourth-order valence-electron chi connectivity index (χ4n) is 4.81. The third-order valence-corrected chi connectivity index (χ3v) is 6.78. The number of anilines is 1. The van der Waals surface area contributed by atoms with Gasteiger partial charge in [0.25, 0.3) is 5.91 Å². The van der Waals surface area contributed by atoms with Gasteiger partial charge in [0, 0.05) is 49.7 Å². The monoisotopic (exact) mass is 482 g/mol. The molecule has 0 saturated carbocycles. The smallest absolute Gasteiger partial charge is 0.252 e. The van der Waals surface area contributed by atoms with E-state index >= 15 is 0 Å². The maximum atomic E-state index is 13.3. The van der Waals surface area contributed by atoms with Gasteiger partial charge < -0.3 is 15.6 Å².